The van der Waals surface area contributed by atoms with Crippen LogP contribution in [0, 0.1) is 51.2 Å². The van der Waals surface area contributed by atoms with Gasteiger partial charge in [0.05, 0.1) is 24.3 Å². The Labute approximate surface area is 304 Å². The largest absolute Gasteiger partial charge is 0.481 e. The van der Waals surface area contributed by atoms with Crippen molar-refractivity contribution >= 4 is 21.8 Å². The summed E-state index contributed by atoms with van der Waals surface area (Å²) in [5, 5.41) is 13.4. The van der Waals surface area contributed by atoms with E-state index in [2.05, 4.69) is 51.8 Å². The molecular weight excluding hydrogens is 649 g/mol. The summed E-state index contributed by atoms with van der Waals surface area (Å²) in [5.74, 6) is 3.00. The van der Waals surface area contributed by atoms with Crippen LogP contribution in [0.3, 0.4) is 0 Å². The van der Waals surface area contributed by atoms with Gasteiger partial charge in [-0.3, -0.25) is 9.59 Å². The van der Waals surface area contributed by atoms with Crippen LogP contribution in [0.25, 0.3) is 0 Å². The lowest BCUT2D eigenvalue weighted by molar-refractivity contribution is -0.220. The zero-order valence-electron chi connectivity index (χ0n) is 33.0. The number of esters is 1. The Balaban J connectivity index is 0.00000156. The Hall–Kier alpha value is -1.19. The number of aliphatic carboxylic acids is 1. The van der Waals surface area contributed by atoms with Crippen molar-refractivity contribution in [2.75, 3.05) is 37.7 Å². The summed E-state index contributed by atoms with van der Waals surface area (Å²) in [7, 11) is -2.84. The van der Waals surface area contributed by atoms with Crippen molar-refractivity contribution < 1.29 is 27.9 Å². The molecule has 2 N–H and O–H groups in total. The van der Waals surface area contributed by atoms with Crippen molar-refractivity contribution in [1.29, 1.82) is 0 Å². The Bertz CT molecular complexity index is 1320. The second-order valence-corrected chi connectivity index (χ2v) is 21.9. The summed E-state index contributed by atoms with van der Waals surface area (Å²) in [6.07, 6.45) is 14.9. The van der Waals surface area contributed by atoms with Crippen LogP contribution in [0.15, 0.2) is 0 Å². The first kappa shape index (κ1) is 40.0. The summed E-state index contributed by atoms with van der Waals surface area (Å²) in [6.45, 7) is 21.1. The summed E-state index contributed by atoms with van der Waals surface area (Å²) < 4.78 is 30.0. The standard InChI is InChI=1S/C38H64N2O6S.C3H8/c1-34(2,24-32(41)42)25-33(43)46-31-13-16-37(6)29(35(31,3)4)12-15-36(5)27-11-17-38(14-7-8-28(38)26(27)9-10-30(36)37)39-18-19-40-20-22-47(44,45)23-21-40;1-3-2/h26-31,39H,7-25H2,1-6H3,(H,41,42);3H2,1-2H3. The number of hydrogen-bond acceptors (Lipinski definition) is 7. The summed E-state index contributed by atoms with van der Waals surface area (Å²) >= 11 is 0. The Morgan fingerprint density at radius 2 is 1.50 bits per heavy atom. The second kappa shape index (κ2) is 14.9. The maximum Gasteiger partial charge on any atom is 0.306 e. The molecule has 0 bridgehead atoms. The molecule has 5 saturated carbocycles. The molecular formula is C41H72N2O6S. The van der Waals surface area contributed by atoms with Gasteiger partial charge in [-0.25, -0.2) is 8.42 Å². The van der Waals surface area contributed by atoms with Crippen molar-refractivity contribution in [3.05, 3.63) is 0 Å². The molecule has 6 fully saturated rings. The highest BCUT2D eigenvalue weighted by Crippen LogP contribution is 2.72. The van der Waals surface area contributed by atoms with Crippen LogP contribution in [0.1, 0.15) is 145 Å². The fourth-order valence-electron chi connectivity index (χ4n) is 13.2. The Morgan fingerprint density at radius 3 is 2.16 bits per heavy atom. The molecule has 0 radical (unpaired) electrons. The number of carbonyl (C=O) groups is 2. The molecule has 8 nitrogen and oxygen atoms in total. The van der Waals surface area contributed by atoms with Gasteiger partial charge in [-0.15, -0.1) is 0 Å². The van der Waals surface area contributed by atoms with Gasteiger partial charge in [0.1, 0.15) is 6.10 Å². The SMILES string of the molecule is CC(C)(CC(=O)O)CC(=O)OC1CCC2(C)C(CCC3(C)C4CCC5(NCCN6CCS(=O)(=O)CC6)CCCC5C4CCC32)C1(C)C.CCC. The van der Waals surface area contributed by atoms with E-state index >= 15 is 0 Å². The number of nitrogens with zero attached hydrogens (tertiary/aromatic N) is 1. The lowest BCUT2D eigenvalue weighted by atomic mass is 9.36. The highest BCUT2D eigenvalue weighted by molar-refractivity contribution is 7.91. The molecule has 288 valence electrons. The third kappa shape index (κ3) is 7.86. The molecule has 0 amide bonds. The molecule has 1 aliphatic heterocycles. The van der Waals surface area contributed by atoms with Crippen LogP contribution in [0.2, 0.25) is 0 Å². The molecule has 0 aromatic heterocycles. The van der Waals surface area contributed by atoms with Gasteiger partial charge in [-0.1, -0.05) is 68.2 Å². The van der Waals surface area contributed by atoms with E-state index in [4.69, 9.17) is 4.74 Å². The molecule has 5 aliphatic carbocycles. The molecule has 9 heteroatoms. The van der Waals surface area contributed by atoms with Crippen LogP contribution in [0.5, 0.6) is 0 Å². The molecule has 9 atom stereocenters. The molecule has 0 aromatic rings. The van der Waals surface area contributed by atoms with E-state index in [1.165, 1.54) is 64.2 Å². The van der Waals surface area contributed by atoms with Gasteiger partial charge < -0.3 is 20.1 Å². The van der Waals surface area contributed by atoms with Gasteiger partial charge in [-0.2, -0.15) is 0 Å². The number of sulfone groups is 1. The van der Waals surface area contributed by atoms with E-state index in [9.17, 15) is 23.1 Å². The number of ether oxygens (including phenoxy) is 1. The number of nitrogens with one attached hydrogen (secondary N) is 1. The predicted octanol–water partition coefficient (Wildman–Crippen LogP) is 7.74. The lowest BCUT2D eigenvalue weighted by Crippen LogP contribution is -2.65. The zero-order valence-corrected chi connectivity index (χ0v) is 33.8. The van der Waals surface area contributed by atoms with Crippen molar-refractivity contribution in [3.63, 3.8) is 0 Å². The smallest absolute Gasteiger partial charge is 0.306 e. The maximum absolute atomic E-state index is 13.1. The number of rotatable bonds is 9. The minimum Gasteiger partial charge on any atom is -0.481 e. The van der Waals surface area contributed by atoms with E-state index in [1.807, 2.05) is 13.8 Å². The second-order valence-electron chi connectivity index (χ2n) is 19.6. The zero-order chi connectivity index (χ0) is 36.8. The first-order chi connectivity index (χ1) is 23.3. The van der Waals surface area contributed by atoms with Crippen LogP contribution in [0.4, 0.5) is 0 Å². The minimum atomic E-state index is -2.84. The number of carboxylic acids is 1. The van der Waals surface area contributed by atoms with Gasteiger partial charge in [-0.05, 0) is 110 Å². The average Bonchev–Trinajstić information content (AvgIpc) is 3.43. The Kier molecular flexibility index (Phi) is 11.9. The van der Waals surface area contributed by atoms with Crippen molar-refractivity contribution in [1.82, 2.24) is 10.2 Å². The van der Waals surface area contributed by atoms with E-state index in [-0.39, 0.29) is 41.3 Å². The quantitative estimate of drug-likeness (QED) is 0.233. The first-order valence-corrected chi connectivity index (χ1v) is 22.2. The van der Waals surface area contributed by atoms with Crippen molar-refractivity contribution in [2.45, 2.75) is 157 Å². The molecule has 1 saturated heterocycles. The number of carbonyl (C=O) groups excluding carboxylic acids is 1. The van der Waals surface area contributed by atoms with E-state index in [0.717, 1.165) is 43.7 Å². The molecule has 1 heterocycles. The summed E-state index contributed by atoms with van der Waals surface area (Å²) in [6, 6.07) is 0. The van der Waals surface area contributed by atoms with Crippen LogP contribution in [-0.4, -0.2) is 79.7 Å². The van der Waals surface area contributed by atoms with Gasteiger partial charge in [0, 0.05) is 37.1 Å². The molecule has 0 aromatic carbocycles. The fraction of sp³-hybridized carbons (Fsp3) is 0.951. The van der Waals surface area contributed by atoms with Crippen LogP contribution in [-0.2, 0) is 24.2 Å². The van der Waals surface area contributed by atoms with Crippen molar-refractivity contribution in [2.24, 2.45) is 51.2 Å². The van der Waals surface area contributed by atoms with Gasteiger partial charge >= 0.3 is 11.9 Å². The van der Waals surface area contributed by atoms with Gasteiger partial charge in [0.2, 0.25) is 0 Å². The highest BCUT2D eigenvalue weighted by atomic mass is 32.2. The molecule has 6 aliphatic rings. The summed E-state index contributed by atoms with van der Waals surface area (Å²) in [5.41, 5.74) is 0.107. The predicted molar refractivity (Wildman–Crippen MR) is 201 cm³/mol. The maximum atomic E-state index is 13.1. The minimum absolute atomic E-state index is 0.0375. The highest BCUT2D eigenvalue weighted by Gasteiger charge is 2.66. The number of hydrogen-bond donors (Lipinski definition) is 2. The van der Waals surface area contributed by atoms with Crippen LogP contribution < -0.4 is 5.32 Å². The molecule has 50 heavy (non-hydrogen) atoms. The topological polar surface area (TPSA) is 113 Å². The summed E-state index contributed by atoms with van der Waals surface area (Å²) in [4.78, 5) is 26.8. The monoisotopic (exact) mass is 721 g/mol. The normalized spacial score (nSPS) is 40.6. The number of carboxylic acid groups (broad SMARTS) is 1. The Morgan fingerprint density at radius 1 is 0.840 bits per heavy atom. The fourth-order valence-corrected chi connectivity index (χ4v) is 14.5. The lowest BCUT2D eigenvalue weighted by Gasteiger charge is -2.69. The van der Waals surface area contributed by atoms with E-state index in [0.29, 0.717) is 41.8 Å². The van der Waals surface area contributed by atoms with E-state index in [1.54, 1.807) is 0 Å². The van der Waals surface area contributed by atoms with Gasteiger partial charge in [0.15, 0.2) is 9.84 Å². The van der Waals surface area contributed by atoms with Crippen molar-refractivity contribution in [3.8, 4) is 0 Å². The molecule has 6 rings (SSSR count). The third-order valence-corrected chi connectivity index (χ3v) is 16.9. The third-order valence-electron chi connectivity index (χ3n) is 15.3. The first-order valence-electron chi connectivity index (χ1n) is 20.4. The van der Waals surface area contributed by atoms with E-state index < -0.39 is 21.2 Å². The molecule has 9 unspecified atom stereocenters. The molecule has 0 spiro atoms. The number of fused-ring (bicyclic) bond motifs is 7. The average molecular weight is 721 g/mol. The van der Waals surface area contributed by atoms with Crippen LogP contribution >= 0.6 is 0 Å². The van der Waals surface area contributed by atoms with Gasteiger partial charge in [0.25, 0.3) is 0 Å².